The predicted molar refractivity (Wildman–Crippen MR) is 94.8 cm³/mol. The van der Waals surface area contributed by atoms with Crippen molar-refractivity contribution in [3.8, 4) is 0 Å². The Morgan fingerprint density at radius 2 is 1.72 bits per heavy atom. The maximum Gasteiger partial charge on any atom is 0.252 e. The van der Waals surface area contributed by atoms with Crippen molar-refractivity contribution >= 4 is 5.91 Å². The van der Waals surface area contributed by atoms with Crippen LogP contribution in [0.15, 0.2) is 0 Å². The lowest BCUT2D eigenvalue weighted by atomic mass is 9.84. The third-order valence-electron chi connectivity index (χ3n) is 3.73. The van der Waals surface area contributed by atoms with Crippen molar-refractivity contribution in [1.82, 2.24) is 5.32 Å². The molecular weight excluding hydrogens is 333 g/mol. The van der Waals surface area contributed by atoms with Gasteiger partial charge < -0.3 is 36.5 Å². The molecule has 1 amide bonds. The van der Waals surface area contributed by atoms with Crippen molar-refractivity contribution in [2.45, 2.75) is 76.8 Å². The first-order valence-electron chi connectivity index (χ1n) is 8.69. The normalized spacial score (nSPS) is 30.8. The first-order chi connectivity index (χ1) is 11.9. The summed E-state index contributed by atoms with van der Waals surface area (Å²) in [5, 5.41) is 22.0. The summed E-state index contributed by atoms with van der Waals surface area (Å²) in [6.45, 7) is 7.52. The van der Waals surface area contributed by atoms with Crippen LogP contribution in [0.2, 0.25) is 0 Å². The fourth-order valence-electron chi connectivity index (χ4n) is 2.52. The molecule has 0 aromatic rings. The maximum absolute atomic E-state index is 13.2. The largest absolute Gasteiger partial charge is 0.388 e. The second-order valence-corrected chi connectivity index (χ2v) is 5.10. The number of nitrogens with one attached hydrogen (secondary N) is 1. The van der Waals surface area contributed by atoms with Crippen molar-refractivity contribution in [3.05, 3.63) is 0 Å². The molecule has 1 saturated carbocycles. The highest BCUT2D eigenvalue weighted by atomic mass is 19.1. The van der Waals surface area contributed by atoms with Gasteiger partial charge in [-0.25, -0.2) is 4.39 Å². The summed E-state index contributed by atoms with van der Waals surface area (Å²) in [6, 6.07) is -1.26. The molecule has 0 aromatic carbocycles. The predicted octanol–water partition coefficient (Wildman–Crippen LogP) is -0.697. The minimum atomic E-state index is -1.89. The standard InChI is InChI=1S/C12H24FN3O5.2C2H6/c1-20-10-6(15)3-7(9(18)11(10)21-2)16-12(19)8(17)5(13)4-14;2*1-2/h5-11,17-18H,3-4,14-15H2,1-2H3,(H,16,19);2*1-2H3/t5-,6+,7-,8+,9+,10-,11-;;/m1../s1. The molecule has 25 heavy (non-hydrogen) atoms. The molecule has 152 valence electrons. The highest BCUT2D eigenvalue weighted by Gasteiger charge is 2.44. The number of rotatable bonds is 6. The molecule has 1 rings (SSSR count). The molecule has 0 bridgehead atoms. The van der Waals surface area contributed by atoms with E-state index in [1.165, 1.54) is 14.2 Å². The lowest BCUT2D eigenvalue weighted by Crippen LogP contribution is -2.65. The van der Waals surface area contributed by atoms with Gasteiger partial charge >= 0.3 is 0 Å². The summed E-state index contributed by atoms with van der Waals surface area (Å²) >= 11 is 0. The monoisotopic (exact) mass is 369 g/mol. The van der Waals surface area contributed by atoms with Gasteiger partial charge in [-0.05, 0) is 6.42 Å². The Morgan fingerprint density at radius 3 is 2.12 bits per heavy atom. The fourth-order valence-corrected chi connectivity index (χ4v) is 2.52. The highest BCUT2D eigenvalue weighted by Crippen LogP contribution is 2.24. The molecule has 9 heteroatoms. The van der Waals surface area contributed by atoms with Gasteiger partial charge in [0.05, 0.1) is 6.04 Å². The number of amides is 1. The number of alkyl halides is 1. The molecule has 8 nitrogen and oxygen atoms in total. The lowest BCUT2D eigenvalue weighted by molar-refractivity contribution is -0.147. The Hall–Kier alpha value is -0.840. The molecule has 1 fully saturated rings. The molecule has 7 atom stereocenters. The Balaban J connectivity index is 0. The molecule has 0 aromatic heterocycles. The van der Waals surface area contributed by atoms with Crippen LogP contribution in [-0.2, 0) is 14.3 Å². The van der Waals surface area contributed by atoms with Crippen molar-refractivity contribution < 1.29 is 28.9 Å². The van der Waals surface area contributed by atoms with E-state index in [0.717, 1.165) is 0 Å². The van der Waals surface area contributed by atoms with Crippen LogP contribution in [0, 0.1) is 0 Å². The van der Waals surface area contributed by atoms with E-state index in [-0.39, 0.29) is 6.42 Å². The molecule has 0 unspecified atom stereocenters. The van der Waals surface area contributed by atoms with Gasteiger partial charge in [0.2, 0.25) is 0 Å². The van der Waals surface area contributed by atoms with Crippen LogP contribution in [0.5, 0.6) is 0 Å². The van der Waals surface area contributed by atoms with Gasteiger partial charge in [0.1, 0.15) is 24.5 Å². The first-order valence-corrected chi connectivity index (χ1v) is 8.69. The van der Waals surface area contributed by atoms with Crippen molar-refractivity contribution in [1.29, 1.82) is 0 Å². The van der Waals surface area contributed by atoms with Crippen LogP contribution >= 0.6 is 0 Å². The van der Waals surface area contributed by atoms with E-state index in [0.29, 0.717) is 0 Å². The van der Waals surface area contributed by atoms with Gasteiger partial charge in [-0.1, -0.05) is 27.7 Å². The number of carbonyl (C=O) groups excluding carboxylic acids is 1. The molecule has 1 aliphatic rings. The van der Waals surface area contributed by atoms with Crippen LogP contribution in [-0.4, -0.2) is 79.6 Å². The fraction of sp³-hybridized carbons (Fsp3) is 0.938. The Labute approximate surface area is 150 Å². The number of hydrogen-bond donors (Lipinski definition) is 5. The van der Waals surface area contributed by atoms with Crippen LogP contribution in [0.4, 0.5) is 4.39 Å². The van der Waals surface area contributed by atoms with E-state index in [2.05, 4.69) is 5.32 Å². The van der Waals surface area contributed by atoms with Gasteiger partial charge in [0.25, 0.3) is 5.91 Å². The van der Waals surface area contributed by atoms with Crippen LogP contribution in [0.25, 0.3) is 0 Å². The molecule has 0 spiro atoms. The molecule has 1 aliphatic carbocycles. The SMILES string of the molecule is CC.CC.CO[C@@H]1[C@@H](O)[C@H](NC(=O)[C@@H](O)[C@H](F)CN)C[C@H](N)[C@H]1OC. The molecule has 0 radical (unpaired) electrons. The number of nitrogens with two attached hydrogens (primary N) is 2. The summed E-state index contributed by atoms with van der Waals surface area (Å²) in [7, 11) is 2.83. The minimum absolute atomic E-state index is 0.206. The second kappa shape index (κ2) is 14.3. The van der Waals surface area contributed by atoms with Gasteiger partial charge in [-0.15, -0.1) is 0 Å². The smallest absolute Gasteiger partial charge is 0.252 e. The lowest BCUT2D eigenvalue weighted by Gasteiger charge is -2.42. The van der Waals surface area contributed by atoms with Crippen LogP contribution in [0.3, 0.4) is 0 Å². The number of hydrogen-bond acceptors (Lipinski definition) is 7. The third kappa shape index (κ3) is 7.51. The zero-order valence-electron chi connectivity index (χ0n) is 16.1. The average Bonchev–Trinajstić information content (AvgIpc) is 2.65. The number of aliphatic hydroxyl groups is 2. The molecule has 7 N–H and O–H groups in total. The van der Waals surface area contributed by atoms with E-state index in [9.17, 15) is 19.4 Å². The van der Waals surface area contributed by atoms with E-state index >= 15 is 0 Å². The topological polar surface area (TPSA) is 140 Å². The van der Waals surface area contributed by atoms with Gasteiger partial charge in [0.15, 0.2) is 6.10 Å². The summed E-state index contributed by atoms with van der Waals surface area (Å²) in [5.41, 5.74) is 11.0. The van der Waals surface area contributed by atoms with E-state index < -0.39 is 55.1 Å². The highest BCUT2D eigenvalue weighted by molar-refractivity contribution is 5.81. The van der Waals surface area contributed by atoms with Gasteiger partial charge in [-0.3, -0.25) is 4.79 Å². The number of ether oxygens (including phenoxy) is 2. The second-order valence-electron chi connectivity index (χ2n) is 5.10. The Bertz CT molecular complexity index is 352. The first kappa shape index (κ1) is 26.4. The minimum Gasteiger partial charge on any atom is -0.388 e. The average molecular weight is 369 g/mol. The van der Waals surface area contributed by atoms with Crippen molar-refractivity contribution in [2.75, 3.05) is 20.8 Å². The van der Waals surface area contributed by atoms with Gasteiger partial charge in [0, 0.05) is 26.8 Å². The Morgan fingerprint density at radius 1 is 1.24 bits per heavy atom. The summed E-state index contributed by atoms with van der Waals surface area (Å²) in [4.78, 5) is 11.7. The molecule has 0 saturated heterocycles. The van der Waals surface area contributed by atoms with E-state index in [1.54, 1.807) is 0 Å². The summed E-state index contributed by atoms with van der Waals surface area (Å²) < 4.78 is 23.5. The number of halogens is 1. The van der Waals surface area contributed by atoms with Crippen LogP contribution in [0.1, 0.15) is 34.1 Å². The molecule has 0 aliphatic heterocycles. The number of carbonyl (C=O) groups is 1. The zero-order chi connectivity index (χ0) is 20.2. The number of methoxy groups -OCH3 is 2. The van der Waals surface area contributed by atoms with E-state index in [1.807, 2.05) is 27.7 Å². The maximum atomic E-state index is 13.2. The van der Waals surface area contributed by atoms with E-state index in [4.69, 9.17) is 20.9 Å². The van der Waals surface area contributed by atoms with Crippen molar-refractivity contribution in [3.63, 3.8) is 0 Å². The number of aliphatic hydroxyl groups excluding tert-OH is 2. The summed E-state index contributed by atoms with van der Waals surface area (Å²) in [6.07, 6.45) is -5.91. The quantitative estimate of drug-likeness (QED) is 0.417. The Kier molecular flexibility index (Phi) is 15.1. The zero-order valence-corrected chi connectivity index (χ0v) is 16.1. The molecule has 0 heterocycles. The van der Waals surface area contributed by atoms with Crippen molar-refractivity contribution in [2.24, 2.45) is 11.5 Å². The van der Waals surface area contributed by atoms with Gasteiger partial charge in [-0.2, -0.15) is 0 Å². The summed E-state index contributed by atoms with van der Waals surface area (Å²) in [5.74, 6) is -0.949. The molecular formula is C16H36FN3O5. The third-order valence-corrected chi connectivity index (χ3v) is 3.73. The van der Waals surface area contributed by atoms with Crippen LogP contribution < -0.4 is 16.8 Å².